The van der Waals surface area contributed by atoms with Gasteiger partial charge in [-0.05, 0) is 57.9 Å². The zero-order valence-corrected chi connectivity index (χ0v) is 22.7. The highest BCUT2D eigenvalue weighted by Gasteiger charge is 2.32. The molecule has 0 aliphatic carbocycles. The summed E-state index contributed by atoms with van der Waals surface area (Å²) in [5.74, 6) is -0.497. The van der Waals surface area contributed by atoms with Crippen molar-refractivity contribution in [1.82, 2.24) is 0 Å². The standard InChI is InChI=1S/C31H44O6/c1-22(19-30(32)34-4)11-6-5-7-16-29-24(3)12-8-9-13-25-14-10-15-26(35-25)20-27-17-23(2)18-28(36-27)21-31(33)37-29/h5-8,11-12,16,24-29H,2,9-10,13-15,17-21H2,1,3-4H3/b6-5-,12-8+,16-7+,22-11+/t24-,25-,26-,27+,28-,29-/m0/s1. The van der Waals surface area contributed by atoms with Crippen molar-refractivity contribution in [3.63, 3.8) is 0 Å². The Morgan fingerprint density at radius 3 is 2.62 bits per heavy atom. The molecule has 0 amide bonds. The molecule has 0 aromatic rings. The average Bonchev–Trinajstić information content (AvgIpc) is 2.84. The molecule has 4 bridgehead atoms. The number of esters is 2. The Hall–Kier alpha value is -2.44. The van der Waals surface area contributed by atoms with Gasteiger partial charge in [0.15, 0.2) is 0 Å². The molecule has 0 aromatic heterocycles. The summed E-state index contributed by atoms with van der Waals surface area (Å²) in [4.78, 5) is 24.3. The monoisotopic (exact) mass is 512 g/mol. The molecule has 6 atom stereocenters. The number of carbonyl (C=O) groups excluding carboxylic acids is 2. The SMILES string of the molecule is C=C1C[C@@H]2C[C@@H]3CCC[C@H](CC/C=C/[C@H](C)[C@H](/C=C/C=C\C=C(/C)CC(=O)OC)OC(=O)C[C@H](C1)O2)O3. The molecular formula is C31H44O6. The predicted octanol–water partition coefficient (Wildman–Crippen LogP) is 6.33. The molecule has 0 spiro atoms. The maximum atomic E-state index is 12.9. The Bertz CT molecular complexity index is 897. The molecule has 0 radical (unpaired) electrons. The third-order valence-electron chi connectivity index (χ3n) is 7.21. The van der Waals surface area contributed by atoms with Crippen molar-refractivity contribution in [2.75, 3.05) is 7.11 Å². The fraction of sp³-hybridized carbons (Fsp3) is 0.613. The second-order valence-electron chi connectivity index (χ2n) is 10.6. The van der Waals surface area contributed by atoms with E-state index in [9.17, 15) is 9.59 Å². The number of hydrogen-bond donors (Lipinski definition) is 0. The molecule has 2 saturated heterocycles. The molecule has 3 heterocycles. The lowest BCUT2D eigenvalue weighted by atomic mass is 9.91. The minimum Gasteiger partial charge on any atom is -0.469 e. The van der Waals surface area contributed by atoms with Gasteiger partial charge in [0.25, 0.3) is 0 Å². The van der Waals surface area contributed by atoms with E-state index in [1.54, 1.807) is 0 Å². The Balaban J connectivity index is 1.69. The van der Waals surface area contributed by atoms with E-state index in [0.717, 1.165) is 49.7 Å². The maximum absolute atomic E-state index is 12.9. The predicted molar refractivity (Wildman–Crippen MR) is 145 cm³/mol. The van der Waals surface area contributed by atoms with Gasteiger partial charge in [-0.25, -0.2) is 0 Å². The van der Waals surface area contributed by atoms with Crippen molar-refractivity contribution in [1.29, 1.82) is 0 Å². The zero-order valence-electron chi connectivity index (χ0n) is 22.7. The Morgan fingerprint density at radius 1 is 1.05 bits per heavy atom. The van der Waals surface area contributed by atoms with Gasteiger partial charge in [-0.2, -0.15) is 0 Å². The van der Waals surface area contributed by atoms with Crippen LogP contribution < -0.4 is 0 Å². The fourth-order valence-corrected chi connectivity index (χ4v) is 5.24. The van der Waals surface area contributed by atoms with E-state index >= 15 is 0 Å². The van der Waals surface area contributed by atoms with Gasteiger partial charge in [0.1, 0.15) is 6.10 Å². The highest BCUT2D eigenvalue weighted by Crippen LogP contribution is 2.32. The topological polar surface area (TPSA) is 71.1 Å². The van der Waals surface area contributed by atoms with Crippen LogP contribution in [0.2, 0.25) is 0 Å². The summed E-state index contributed by atoms with van der Waals surface area (Å²) >= 11 is 0. The minimum absolute atomic E-state index is 0.0214. The Labute approximate surface area is 222 Å². The van der Waals surface area contributed by atoms with Gasteiger partial charge >= 0.3 is 11.9 Å². The van der Waals surface area contributed by atoms with Crippen LogP contribution in [0.25, 0.3) is 0 Å². The minimum atomic E-state index is -0.389. The lowest BCUT2D eigenvalue weighted by molar-refractivity contribution is -0.154. The molecule has 6 heteroatoms. The number of methoxy groups -OCH3 is 1. The van der Waals surface area contributed by atoms with E-state index in [0.29, 0.717) is 12.5 Å². The van der Waals surface area contributed by atoms with E-state index in [1.165, 1.54) is 13.5 Å². The van der Waals surface area contributed by atoms with Crippen LogP contribution in [0.1, 0.15) is 78.1 Å². The summed E-state index contributed by atoms with van der Waals surface area (Å²) in [7, 11) is 1.38. The maximum Gasteiger partial charge on any atom is 0.309 e. The molecule has 0 saturated carbocycles. The van der Waals surface area contributed by atoms with Gasteiger partial charge in [-0.15, -0.1) is 0 Å². The second-order valence-corrected chi connectivity index (χ2v) is 10.6. The van der Waals surface area contributed by atoms with Crippen molar-refractivity contribution in [2.45, 2.75) is 109 Å². The van der Waals surface area contributed by atoms with E-state index in [2.05, 4.69) is 25.7 Å². The molecule has 3 aliphatic heterocycles. The first-order chi connectivity index (χ1) is 17.8. The highest BCUT2D eigenvalue weighted by molar-refractivity contribution is 5.72. The summed E-state index contributed by atoms with van der Waals surface area (Å²) in [6.07, 6.45) is 21.9. The third kappa shape index (κ3) is 10.4. The summed E-state index contributed by atoms with van der Waals surface area (Å²) in [6, 6.07) is 0. The van der Waals surface area contributed by atoms with Gasteiger partial charge in [-0.1, -0.05) is 61.1 Å². The normalized spacial score (nSPS) is 33.3. The number of ether oxygens (including phenoxy) is 4. The fourth-order valence-electron chi connectivity index (χ4n) is 5.24. The molecule has 0 N–H and O–H groups in total. The first kappa shape index (κ1) is 29.1. The second kappa shape index (κ2) is 15.1. The third-order valence-corrected chi connectivity index (χ3v) is 7.21. The molecule has 37 heavy (non-hydrogen) atoms. The van der Waals surface area contributed by atoms with Crippen LogP contribution in [0.4, 0.5) is 0 Å². The van der Waals surface area contributed by atoms with Crippen LogP contribution in [0.3, 0.4) is 0 Å². The summed E-state index contributed by atoms with van der Waals surface area (Å²) in [6.45, 7) is 8.16. The smallest absolute Gasteiger partial charge is 0.309 e. The van der Waals surface area contributed by atoms with Crippen molar-refractivity contribution < 1.29 is 28.5 Å². The van der Waals surface area contributed by atoms with Crippen LogP contribution in [-0.4, -0.2) is 49.6 Å². The first-order valence-corrected chi connectivity index (χ1v) is 13.7. The highest BCUT2D eigenvalue weighted by atomic mass is 16.6. The molecule has 0 unspecified atom stereocenters. The van der Waals surface area contributed by atoms with Gasteiger partial charge < -0.3 is 18.9 Å². The summed E-state index contributed by atoms with van der Waals surface area (Å²) in [5, 5.41) is 0. The Kier molecular flexibility index (Phi) is 11.9. The molecule has 0 aromatic carbocycles. The Morgan fingerprint density at radius 2 is 1.81 bits per heavy atom. The molecule has 2 fully saturated rings. The number of allylic oxidation sites excluding steroid dienone is 5. The van der Waals surface area contributed by atoms with E-state index < -0.39 is 0 Å². The van der Waals surface area contributed by atoms with Gasteiger partial charge in [-0.3, -0.25) is 9.59 Å². The van der Waals surface area contributed by atoms with E-state index in [1.807, 2.05) is 37.3 Å². The van der Waals surface area contributed by atoms with Gasteiger partial charge in [0.2, 0.25) is 0 Å². The number of carbonyl (C=O) groups is 2. The number of fused-ring (bicyclic) bond motifs is 4. The molecule has 204 valence electrons. The van der Waals surface area contributed by atoms with Crippen molar-refractivity contribution in [3.05, 3.63) is 60.3 Å². The van der Waals surface area contributed by atoms with E-state index in [-0.39, 0.29) is 55.1 Å². The van der Waals surface area contributed by atoms with Crippen LogP contribution in [0.5, 0.6) is 0 Å². The van der Waals surface area contributed by atoms with Crippen molar-refractivity contribution in [2.24, 2.45) is 5.92 Å². The number of cyclic esters (lactones) is 1. The molecule has 3 rings (SSSR count). The van der Waals surface area contributed by atoms with Gasteiger partial charge in [0.05, 0.1) is 44.4 Å². The molecule has 6 nitrogen and oxygen atoms in total. The number of hydrogen-bond acceptors (Lipinski definition) is 6. The lowest BCUT2D eigenvalue weighted by Gasteiger charge is -2.36. The van der Waals surface area contributed by atoms with Gasteiger partial charge in [0, 0.05) is 12.3 Å². The van der Waals surface area contributed by atoms with Crippen LogP contribution >= 0.6 is 0 Å². The largest absolute Gasteiger partial charge is 0.469 e. The molecule has 3 aliphatic rings. The quantitative estimate of drug-likeness (QED) is 0.244. The van der Waals surface area contributed by atoms with Crippen LogP contribution in [0.15, 0.2) is 60.3 Å². The average molecular weight is 513 g/mol. The summed E-state index contributed by atoms with van der Waals surface area (Å²) in [5.41, 5.74) is 2.04. The van der Waals surface area contributed by atoms with Crippen LogP contribution in [0, 0.1) is 5.92 Å². The van der Waals surface area contributed by atoms with E-state index in [4.69, 9.17) is 18.9 Å². The van der Waals surface area contributed by atoms with Crippen LogP contribution in [-0.2, 0) is 28.5 Å². The van der Waals surface area contributed by atoms with Crippen molar-refractivity contribution in [3.8, 4) is 0 Å². The van der Waals surface area contributed by atoms with Crippen molar-refractivity contribution >= 4 is 11.9 Å². The molecular weight excluding hydrogens is 468 g/mol. The summed E-state index contributed by atoms with van der Waals surface area (Å²) < 4.78 is 23.4. The first-order valence-electron chi connectivity index (χ1n) is 13.7. The lowest BCUT2D eigenvalue weighted by Crippen LogP contribution is -2.37. The zero-order chi connectivity index (χ0) is 26.6. The number of rotatable bonds is 5.